The first-order chi connectivity index (χ1) is 12.5. The van der Waals surface area contributed by atoms with Crippen molar-refractivity contribution in [3.63, 3.8) is 0 Å². The average molecular weight is 371 g/mol. The van der Waals surface area contributed by atoms with E-state index in [4.69, 9.17) is 15.9 Å². The van der Waals surface area contributed by atoms with Crippen LogP contribution in [0.25, 0.3) is 0 Å². The summed E-state index contributed by atoms with van der Waals surface area (Å²) in [5.74, 6) is -1.18. The average Bonchev–Trinajstić information content (AvgIpc) is 2.55. The van der Waals surface area contributed by atoms with Gasteiger partial charge >= 0.3 is 11.9 Å². The number of nitro groups is 1. The van der Waals surface area contributed by atoms with Crippen molar-refractivity contribution in [1.29, 1.82) is 0 Å². The van der Waals surface area contributed by atoms with Gasteiger partial charge in [0.15, 0.2) is 5.41 Å². The third-order valence-electron chi connectivity index (χ3n) is 4.41. The van der Waals surface area contributed by atoms with Crippen LogP contribution in [0.3, 0.4) is 0 Å². The molecule has 0 aliphatic carbocycles. The number of allylic oxidation sites excluding steroid dienone is 1. The standard InChI is InChI=1S/C20H21NO6/c1-6-7-16(14-8-10-15(11-9-14)21(24)25)20(12-13(2)3)17(22)26-19(4,5)27-18(20)23/h1,8-11,16H,2,7,12H2,3-5H3. The van der Waals surface area contributed by atoms with Crippen LogP contribution in [0.15, 0.2) is 36.4 Å². The van der Waals surface area contributed by atoms with Gasteiger partial charge in [-0.1, -0.05) is 17.7 Å². The molecule has 0 aromatic heterocycles. The first-order valence-electron chi connectivity index (χ1n) is 8.32. The maximum Gasteiger partial charge on any atom is 0.327 e. The van der Waals surface area contributed by atoms with Gasteiger partial charge in [0.2, 0.25) is 0 Å². The Morgan fingerprint density at radius 1 is 1.26 bits per heavy atom. The van der Waals surface area contributed by atoms with Gasteiger partial charge in [-0.05, 0) is 18.9 Å². The van der Waals surface area contributed by atoms with Crippen molar-refractivity contribution in [2.24, 2.45) is 5.41 Å². The van der Waals surface area contributed by atoms with E-state index in [1.807, 2.05) is 0 Å². The van der Waals surface area contributed by atoms with Crippen LogP contribution in [-0.4, -0.2) is 22.6 Å². The predicted octanol–water partition coefficient (Wildman–Crippen LogP) is 3.49. The van der Waals surface area contributed by atoms with E-state index in [0.717, 1.165) is 0 Å². The van der Waals surface area contributed by atoms with Crippen LogP contribution in [0, 0.1) is 27.9 Å². The molecular weight excluding hydrogens is 350 g/mol. The van der Waals surface area contributed by atoms with E-state index in [1.54, 1.807) is 6.92 Å². The fourth-order valence-corrected chi connectivity index (χ4v) is 3.28. The molecule has 0 N–H and O–H groups in total. The van der Waals surface area contributed by atoms with Crippen LogP contribution in [0.2, 0.25) is 0 Å². The normalized spacial score (nSPS) is 18.6. The van der Waals surface area contributed by atoms with Crippen molar-refractivity contribution in [2.75, 3.05) is 0 Å². The highest BCUT2D eigenvalue weighted by atomic mass is 16.7. The van der Waals surface area contributed by atoms with Crippen LogP contribution in [0.4, 0.5) is 5.69 Å². The van der Waals surface area contributed by atoms with Gasteiger partial charge in [-0.25, -0.2) is 0 Å². The Kier molecular flexibility index (Phi) is 5.41. The Balaban J connectivity index is 2.61. The van der Waals surface area contributed by atoms with Gasteiger partial charge in [0.05, 0.1) is 4.92 Å². The lowest BCUT2D eigenvalue weighted by molar-refractivity contribution is -0.384. The van der Waals surface area contributed by atoms with Gasteiger partial charge in [0, 0.05) is 38.3 Å². The molecule has 0 radical (unpaired) electrons. The summed E-state index contributed by atoms with van der Waals surface area (Å²) in [6.07, 6.45) is 5.53. The van der Waals surface area contributed by atoms with Gasteiger partial charge in [0.25, 0.3) is 11.5 Å². The molecule has 1 aliphatic heterocycles. The maximum atomic E-state index is 13.0. The molecule has 1 fully saturated rings. The second kappa shape index (κ2) is 7.23. The number of nitrogens with zero attached hydrogens (tertiary/aromatic N) is 1. The molecular formula is C20H21NO6. The highest BCUT2D eigenvalue weighted by molar-refractivity contribution is 6.03. The lowest BCUT2D eigenvalue weighted by atomic mass is 9.66. The van der Waals surface area contributed by atoms with Crippen LogP contribution >= 0.6 is 0 Å². The lowest BCUT2D eigenvalue weighted by Crippen LogP contribution is -2.56. The summed E-state index contributed by atoms with van der Waals surface area (Å²) in [5.41, 5.74) is -0.729. The summed E-state index contributed by atoms with van der Waals surface area (Å²) in [5, 5.41) is 10.9. The number of hydrogen-bond acceptors (Lipinski definition) is 6. The molecule has 1 aromatic rings. The molecule has 142 valence electrons. The summed E-state index contributed by atoms with van der Waals surface area (Å²) >= 11 is 0. The summed E-state index contributed by atoms with van der Waals surface area (Å²) < 4.78 is 10.7. The predicted molar refractivity (Wildman–Crippen MR) is 97.4 cm³/mol. The summed E-state index contributed by atoms with van der Waals surface area (Å²) in [6, 6.07) is 5.58. The molecule has 7 heteroatoms. The van der Waals surface area contributed by atoms with Crippen LogP contribution in [0.1, 0.15) is 45.1 Å². The number of benzene rings is 1. The molecule has 0 amide bonds. The summed E-state index contributed by atoms with van der Waals surface area (Å²) in [4.78, 5) is 36.4. The molecule has 0 spiro atoms. The Bertz CT molecular complexity index is 811. The largest absolute Gasteiger partial charge is 0.422 e. The van der Waals surface area contributed by atoms with Crippen LogP contribution < -0.4 is 0 Å². The number of non-ortho nitro benzene ring substituents is 1. The minimum Gasteiger partial charge on any atom is -0.422 e. The lowest BCUT2D eigenvalue weighted by Gasteiger charge is -2.44. The maximum absolute atomic E-state index is 13.0. The summed E-state index contributed by atoms with van der Waals surface area (Å²) in [6.45, 7) is 8.44. The fourth-order valence-electron chi connectivity index (χ4n) is 3.28. The third kappa shape index (κ3) is 3.85. The van der Waals surface area contributed by atoms with Gasteiger partial charge < -0.3 is 9.47 Å². The number of hydrogen-bond donors (Lipinski definition) is 0. The van der Waals surface area contributed by atoms with Gasteiger partial charge in [-0.15, -0.1) is 18.9 Å². The van der Waals surface area contributed by atoms with Gasteiger partial charge in [-0.3, -0.25) is 19.7 Å². The van der Waals surface area contributed by atoms with Crippen molar-refractivity contribution < 1.29 is 24.0 Å². The number of carbonyl (C=O) groups is 2. The fraction of sp³-hybridized carbons (Fsp3) is 0.400. The van der Waals surface area contributed by atoms with E-state index in [1.165, 1.54) is 38.1 Å². The SMILES string of the molecule is C#CCC(c1ccc([N+](=O)[O-])cc1)C1(CC(=C)C)C(=O)OC(C)(C)OC1=O. The monoisotopic (exact) mass is 371 g/mol. The van der Waals surface area contributed by atoms with Crippen molar-refractivity contribution in [2.45, 2.75) is 45.3 Å². The molecule has 1 atom stereocenters. The molecule has 2 rings (SSSR count). The number of carbonyl (C=O) groups excluding carboxylic acids is 2. The first kappa shape index (κ1) is 20.2. The van der Waals surface area contributed by atoms with E-state index in [9.17, 15) is 19.7 Å². The minimum atomic E-state index is -1.70. The molecule has 27 heavy (non-hydrogen) atoms. The van der Waals surface area contributed by atoms with Crippen molar-refractivity contribution in [3.8, 4) is 12.3 Å². The molecule has 0 bridgehead atoms. The van der Waals surface area contributed by atoms with Gasteiger partial charge in [-0.2, -0.15) is 0 Å². The van der Waals surface area contributed by atoms with Crippen molar-refractivity contribution >= 4 is 17.6 Å². The van der Waals surface area contributed by atoms with E-state index in [2.05, 4.69) is 12.5 Å². The number of ether oxygens (including phenoxy) is 2. The number of cyclic esters (lactones) is 2. The Labute approximate surface area is 157 Å². The highest BCUT2D eigenvalue weighted by Gasteiger charge is 2.60. The Morgan fingerprint density at radius 3 is 2.19 bits per heavy atom. The van der Waals surface area contributed by atoms with Crippen LogP contribution in [-0.2, 0) is 19.1 Å². The quantitative estimate of drug-likeness (QED) is 0.190. The minimum absolute atomic E-state index is 0.00984. The van der Waals surface area contributed by atoms with E-state index in [-0.39, 0.29) is 18.5 Å². The molecule has 1 saturated heterocycles. The Hall–Kier alpha value is -3.14. The topological polar surface area (TPSA) is 95.7 Å². The number of terminal acetylenes is 1. The zero-order valence-corrected chi connectivity index (χ0v) is 15.5. The molecule has 1 aliphatic rings. The number of rotatable bonds is 6. The molecule has 1 heterocycles. The highest BCUT2D eigenvalue weighted by Crippen LogP contribution is 2.49. The third-order valence-corrected chi connectivity index (χ3v) is 4.41. The van der Waals surface area contributed by atoms with E-state index in [0.29, 0.717) is 11.1 Å². The zero-order chi connectivity index (χ0) is 20.4. The molecule has 0 saturated carbocycles. The van der Waals surface area contributed by atoms with Crippen molar-refractivity contribution in [3.05, 3.63) is 52.1 Å². The van der Waals surface area contributed by atoms with Crippen molar-refractivity contribution in [1.82, 2.24) is 0 Å². The van der Waals surface area contributed by atoms with Crippen LogP contribution in [0.5, 0.6) is 0 Å². The smallest absolute Gasteiger partial charge is 0.327 e. The number of nitro benzene ring substituents is 1. The molecule has 7 nitrogen and oxygen atoms in total. The Morgan fingerprint density at radius 2 is 1.78 bits per heavy atom. The van der Waals surface area contributed by atoms with E-state index >= 15 is 0 Å². The zero-order valence-electron chi connectivity index (χ0n) is 15.5. The van der Waals surface area contributed by atoms with Gasteiger partial charge in [0.1, 0.15) is 0 Å². The summed E-state index contributed by atoms with van der Waals surface area (Å²) in [7, 11) is 0. The molecule has 1 aromatic carbocycles. The molecule has 1 unspecified atom stereocenters. The first-order valence-corrected chi connectivity index (χ1v) is 8.32. The second-order valence-electron chi connectivity index (χ2n) is 7.09. The number of esters is 2. The second-order valence-corrected chi connectivity index (χ2v) is 7.09. The van der Waals surface area contributed by atoms with E-state index < -0.39 is 34.0 Å².